The zero-order valence-corrected chi connectivity index (χ0v) is 21.8. The lowest BCUT2D eigenvalue weighted by atomic mass is 10.1. The van der Waals surface area contributed by atoms with Gasteiger partial charge in [-0.15, -0.1) is 0 Å². The molecule has 1 fully saturated rings. The molecule has 1 aliphatic heterocycles. The molecule has 3 aromatic carbocycles. The van der Waals surface area contributed by atoms with Crippen LogP contribution in [0.3, 0.4) is 0 Å². The SMILES string of the molecule is CCCOC(=O)C(c1ccccc1)N1C(=O)/C(=C\c2ccccc2OCc2ccccc2C)SC1=S. The highest BCUT2D eigenvalue weighted by atomic mass is 32.2. The second kappa shape index (κ2) is 12.0. The van der Waals surface area contributed by atoms with E-state index >= 15 is 0 Å². The minimum Gasteiger partial charge on any atom is -0.488 e. The van der Waals surface area contributed by atoms with Gasteiger partial charge in [-0.1, -0.05) is 104 Å². The van der Waals surface area contributed by atoms with Gasteiger partial charge in [0, 0.05) is 5.56 Å². The number of para-hydroxylation sites is 1. The van der Waals surface area contributed by atoms with Gasteiger partial charge in [-0.25, -0.2) is 4.79 Å². The summed E-state index contributed by atoms with van der Waals surface area (Å²) < 4.78 is 11.9. The van der Waals surface area contributed by atoms with Crippen molar-refractivity contribution in [3.63, 3.8) is 0 Å². The number of carbonyl (C=O) groups excluding carboxylic acids is 2. The topological polar surface area (TPSA) is 55.8 Å². The Morgan fingerprint density at radius 3 is 2.47 bits per heavy atom. The highest BCUT2D eigenvalue weighted by Gasteiger charge is 2.42. The minimum absolute atomic E-state index is 0.276. The molecule has 5 nitrogen and oxygen atoms in total. The average molecular weight is 518 g/mol. The third kappa shape index (κ3) is 5.86. The van der Waals surface area contributed by atoms with E-state index in [1.54, 1.807) is 18.2 Å². The molecule has 0 N–H and O–H groups in total. The third-order valence-corrected chi connectivity index (χ3v) is 7.05. The van der Waals surface area contributed by atoms with Gasteiger partial charge in [-0.3, -0.25) is 9.69 Å². The van der Waals surface area contributed by atoms with Gasteiger partial charge in [0.1, 0.15) is 16.7 Å². The fourth-order valence-electron chi connectivity index (χ4n) is 3.81. The van der Waals surface area contributed by atoms with E-state index in [0.29, 0.717) is 33.6 Å². The smallest absolute Gasteiger partial charge is 0.333 e. The Morgan fingerprint density at radius 1 is 1.03 bits per heavy atom. The summed E-state index contributed by atoms with van der Waals surface area (Å²) in [6, 6.07) is 23.8. The number of carbonyl (C=O) groups is 2. The van der Waals surface area contributed by atoms with Crippen LogP contribution in [0.15, 0.2) is 83.8 Å². The molecule has 36 heavy (non-hydrogen) atoms. The maximum Gasteiger partial charge on any atom is 0.333 e. The van der Waals surface area contributed by atoms with Crippen LogP contribution in [0.4, 0.5) is 0 Å². The Morgan fingerprint density at radius 2 is 1.72 bits per heavy atom. The third-order valence-electron chi connectivity index (χ3n) is 5.72. The van der Waals surface area contributed by atoms with Crippen molar-refractivity contribution in [1.29, 1.82) is 0 Å². The number of thiocarbonyl (C=S) groups is 1. The summed E-state index contributed by atoms with van der Waals surface area (Å²) in [6.45, 7) is 4.66. The lowest BCUT2D eigenvalue weighted by Crippen LogP contribution is -2.38. The van der Waals surface area contributed by atoms with Gasteiger partial charge in [0.25, 0.3) is 5.91 Å². The van der Waals surface area contributed by atoms with Crippen molar-refractivity contribution >= 4 is 46.3 Å². The molecular weight excluding hydrogens is 490 g/mol. The van der Waals surface area contributed by atoms with Crippen molar-refractivity contribution in [3.8, 4) is 5.75 Å². The number of amides is 1. The molecule has 0 spiro atoms. The van der Waals surface area contributed by atoms with E-state index < -0.39 is 12.0 Å². The Balaban J connectivity index is 1.61. The van der Waals surface area contributed by atoms with E-state index in [1.807, 2.05) is 80.6 Å². The first-order valence-corrected chi connectivity index (χ1v) is 13.0. The van der Waals surface area contributed by atoms with Gasteiger partial charge >= 0.3 is 5.97 Å². The van der Waals surface area contributed by atoms with Crippen molar-refractivity contribution in [2.24, 2.45) is 0 Å². The maximum absolute atomic E-state index is 13.5. The van der Waals surface area contributed by atoms with Gasteiger partial charge in [0.15, 0.2) is 6.04 Å². The highest BCUT2D eigenvalue weighted by Crippen LogP contribution is 2.39. The van der Waals surface area contributed by atoms with Crippen LogP contribution in [0.2, 0.25) is 0 Å². The van der Waals surface area contributed by atoms with E-state index in [4.69, 9.17) is 21.7 Å². The molecule has 7 heteroatoms. The first-order chi connectivity index (χ1) is 17.5. The van der Waals surface area contributed by atoms with E-state index in [2.05, 4.69) is 0 Å². The molecule has 1 aliphatic rings. The summed E-state index contributed by atoms with van der Waals surface area (Å²) in [5, 5.41) is 0. The van der Waals surface area contributed by atoms with Crippen molar-refractivity contribution in [1.82, 2.24) is 4.90 Å². The molecule has 0 bridgehead atoms. The highest BCUT2D eigenvalue weighted by molar-refractivity contribution is 8.26. The van der Waals surface area contributed by atoms with Gasteiger partial charge in [-0.2, -0.15) is 0 Å². The summed E-state index contributed by atoms with van der Waals surface area (Å²) in [7, 11) is 0. The Labute approximate surface area is 221 Å². The first-order valence-electron chi connectivity index (χ1n) is 11.7. The standard InChI is InChI=1S/C29H27NO4S2/c1-3-17-33-28(32)26(21-12-5-4-6-13-21)30-27(31)25(36-29(30)35)18-22-14-9-10-16-24(22)34-19-23-15-8-7-11-20(23)2/h4-16,18,26H,3,17,19H2,1-2H3/b25-18+. The Hall–Kier alpha value is -3.42. The molecule has 1 unspecified atom stereocenters. The Bertz CT molecular complexity index is 1290. The summed E-state index contributed by atoms with van der Waals surface area (Å²) in [5.74, 6) is -0.170. The van der Waals surface area contributed by atoms with Crippen LogP contribution in [0, 0.1) is 6.92 Å². The molecule has 0 saturated carbocycles. The zero-order chi connectivity index (χ0) is 25.5. The van der Waals surface area contributed by atoms with Crippen LogP contribution < -0.4 is 4.74 Å². The molecule has 0 aliphatic carbocycles. The minimum atomic E-state index is -0.941. The summed E-state index contributed by atoms with van der Waals surface area (Å²) in [4.78, 5) is 28.4. The van der Waals surface area contributed by atoms with E-state index in [-0.39, 0.29) is 12.5 Å². The molecule has 4 rings (SSSR count). The van der Waals surface area contributed by atoms with Gasteiger partial charge in [0.2, 0.25) is 0 Å². The van der Waals surface area contributed by atoms with E-state index in [0.717, 1.165) is 16.7 Å². The summed E-state index contributed by atoms with van der Waals surface area (Å²) in [5.41, 5.74) is 3.65. The van der Waals surface area contributed by atoms with Crippen molar-refractivity contribution in [2.75, 3.05) is 6.61 Å². The predicted molar refractivity (Wildman–Crippen MR) is 147 cm³/mol. The van der Waals surface area contributed by atoms with E-state index in [1.165, 1.54) is 16.7 Å². The average Bonchev–Trinajstić information content (AvgIpc) is 3.16. The number of rotatable bonds is 9. The number of esters is 1. The number of hydrogen-bond acceptors (Lipinski definition) is 6. The van der Waals surface area contributed by atoms with E-state index in [9.17, 15) is 9.59 Å². The fourth-order valence-corrected chi connectivity index (χ4v) is 5.11. The predicted octanol–water partition coefficient (Wildman–Crippen LogP) is 6.47. The Kier molecular flexibility index (Phi) is 8.57. The second-order valence-corrected chi connectivity index (χ2v) is 9.96. The number of benzene rings is 3. The molecule has 1 heterocycles. The number of ether oxygens (including phenoxy) is 2. The maximum atomic E-state index is 13.5. The van der Waals surface area contributed by atoms with Crippen LogP contribution in [0.25, 0.3) is 6.08 Å². The van der Waals surface area contributed by atoms with Gasteiger partial charge < -0.3 is 9.47 Å². The lowest BCUT2D eigenvalue weighted by molar-refractivity contribution is -0.151. The number of aryl methyl sites for hydroxylation is 1. The molecule has 0 aromatic heterocycles. The number of thioether (sulfide) groups is 1. The largest absolute Gasteiger partial charge is 0.488 e. The van der Waals surface area contributed by atoms with Crippen LogP contribution in [-0.4, -0.2) is 27.7 Å². The van der Waals surface area contributed by atoms with Crippen LogP contribution >= 0.6 is 24.0 Å². The molecule has 1 atom stereocenters. The molecule has 1 saturated heterocycles. The normalized spacial score (nSPS) is 15.3. The fraction of sp³-hybridized carbons (Fsp3) is 0.207. The molecule has 0 radical (unpaired) electrons. The van der Waals surface area contributed by atoms with Gasteiger partial charge in [-0.05, 0) is 42.2 Å². The van der Waals surface area contributed by atoms with Crippen molar-refractivity contribution in [2.45, 2.75) is 32.9 Å². The zero-order valence-electron chi connectivity index (χ0n) is 20.2. The quantitative estimate of drug-likeness (QED) is 0.184. The molecule has 3 aromatic rings. The lowest BCUT2D eigenvalue weighted by Gasteiger charge is -2.25. The molecule has 1 amide bonds. The molecular formula is C29H27NO4S2. The van der Waals surface area contributed by atoms with Crippen LogP contribution in [0.5, 0.6) is 5.75 Å². The summed E-state index contributed by atoms with van der Waals surface area (Å²) >= 11 is 6.74. The first kappa shape index (κ1) is 25.7. The number of nitrogens with zero attached hydrogens (tertiary/aromatic N) is 1. The number of hydrogen-bond donors (Lipinski definition) is 0. The second-order valence-electron chi connectivity index (χ2n) is 8.29. The van der Waals surface area contributed by atoms with Gasteiger partial charge in [0.05, 0.1) is 11.5 Å². The van der Waals surface area contributed by atoms with Crippen LogP contribution in [0.1, 0.15) is 41.6 Å². The van der Waals surface area contributed by atoms with Crippen molar-refractivity contribution in [3.05, 3.63) is 106 Å². The molecule has 184 valence electrons. The monoisotopic (exact) mass is 517 g/mol. The van der Waals surface area contributed by atoms with Crippen LogP contribution in [-0.2, 0) is 20.9 Å². The summed E-state index contributed by atoms with van der Waals surface area (Å²) in [6.07, 6.45) is 2.46. The van der Waals surface area contributed by atoms with Crippen molar-refractivity contribution < 1.29 is 19.1 Å².